The van der Waals surface area contributed by atoms with E-state index in [-0.39, 0.29) is 12.4 Å². The van der Waals surface area contributed by atoms with Crippen LogP contribution in [-0.4, -0.2) is 36.6 Å². The van der Waals surface area contributed by atoms with E-state index in [1.807, 2.05) is 24.5 Å². The summed E-state index contributed by atoms with van der Waals surface area (Å²) in [5, 5.41) is 5.57. The number of rotatable bonds is 4. The molecule has 1 atom stereocenters. The normalized spacial score (nSPS) is 19.0. The fourth-order valence-corrected chi connectivity index (χ4v) is 3.51. The second kappa shape index (κ2) is 7.75. The van der Waals surface area contributed by atoms with Crippen molar-refractivity contribution >= 4 is 23.7 Å². The molecule has 1 aliphatic rings. The minimum absolute atomic E-state index is 0. The number of nitrogens with one attached hydrogen (secondary N) is 1. The van der Waals surface area contributed by atoms with E-state index in [4.69, 9.17) is 4.74 Å². The lowest BCUT2D eigenvalue weighted by atomic mass is 10.1. The molecule has 114 valence electrons. The number of thiophene rings is 1. The summed E-state index contributed by atoms with van der Waals surface area (Å²) in [6.07, 6.45) is 3.79. The van der Waals surface area contributed by atoms with Crippen molar-refractivity contribution in [2.45, 2.75) is 12.6 Å². The molecule has 2 aromatic rings. The minimum Gasteiger partial charge on any atom is -0.496 e. The molecule has 0 aliphatic carbocycles. The van der Waals surface area contributed by atoms with Crippen LogP contribution in [0.5, 0.6) is 5.75 Å². The monoisotopic (exact) mass is 325 g/mol. The van der Waals surface area contributed by atoms with E-state index in [1.165, 1.54) is 10.4 Å². The Morgan fingerprint density at radius 1 is 1.48 bits per heavy atom. The molecule has 1 unspecified atom stereocenters. The Labute approximate surface area is 135 Å². The first-order valence-corrected chi connectivity index (χ1v) is 7.71. The first-order chi connectivity index (χ1) is 9.88. The van der Waals surface area contributed by atoms with Crippen molar-refractivity contribution in [1.82, 2.24) is 15.2 Å². The third-order valence-electron chi connectivity index (χ3n) is 3.69. The van der Waals surface area contributed by atoms with Gasteiger partial charge in [-0.3, -0.25) is 9.88 Å². The molecule has 0 radical (unpaired) electrons. The molecule has 2 aromatic heterocycles. The average molecular weight is 326 g/mol. The van der Waals surface area contributed by atoms with Gasteiger partial charge in [0.15, 0.2) is 0 Å². The molecule has 1 fully saturated rings. The van der Waals surface area contributed by atoms with E-state index in [0.717, 1.165) is 31.9 Å². The van der Waals surface area contributed by atoms with Crippen LogP contribution in [-0.2, 0) is 6.54 Å². The molecule has 1 aliphatic heterocycles. The van der Waals surface area contributed by atoms with E-state index >= 15 is 0 Å². The smallest absolute Gasteiger partial charge is 0.134 e. The molecule has 4 nitrogen and oxygen atoms in total. The van der Waals surface area contributed by atoms with Crippen LogP contribution in [0.1, 0.15) is 16.5 Å². The van der Waals surface area contributed by atoms with Crippen molar-refractivity contribution in [2.75, 3.05) is 26.7 Å². The van der Waals surface area contributed by atoms with Crippen molar-refractivity contribution in [3.05, 3.63) is 46.4 Å². The molecule has 0 bridgehead atoms. The van der Waals surface area contributed by atoms with Gasteiger partial charge in [0.1, 0.15) is 5.75 Å². The first-order valence-electron chi connectivity index (χ1n) is 6.83. The summed E-state index contributed by atoms with van der Waals surface area (Å²) in [5.74, 6) is 0.999. The van der Waals surface area contributed by atoms with Gasteiger partial charge in [-0.2, -0.15) is 0 Å². The van der Waals surface area contributed by atoms with E-state index in [2.05, 4.69) is 26.6 Å². The zero-order chi connectivity index (χ0) is 13.8. The van der Waals surface area contributed by atoms with Crippen LogP contribution >= 0.6 is 23.7 Å². The number of hydrogen-bond donors (Lipinski definition) is 1. The zero-order valence-electron chi connectivity index (χ0n) is 12.0. The molecule has 1 saturated heterocycles. The van der Waals surface area contributed by atoms with Gasteiger partial charge in [-0.05, 0) is 23.1 Å². The quantitative estimate of drug-likeness (QED) is 0.938. The highest BCUT2D eigenvalue weighted by molar-refractivity contribution is 7.10. The van der Waals surface area contributed by atoms with Crippen molar-refractivity contribution in [3.63, 3.8) is 0 Å². The molecular formula is C15H20ClN3OS. The van der Waals surface area contributed by atoms with Gasteiger partial charge in [-0.25, -0.2) is 0 Å². The van der Waals surface area contributed by atoms with Gasteiger partial charge in [0.25, 0.3) is 0 Å². The molecule has 3 rings (SSSR count). The lowest BCUT2D eigenvalue weighted by Crippen LogP contribution is -2.45. The number of nitrogens with zero attached hydrogens (tertiary/aromatic N) is 2. The van der Waals surface area contributed by atoms with Crippen molar-refractivity contribution in [2.24, 2.45) is 0 Å². The number of methoxy groups -OCH3 is 1. The average Bonchev–Trinajstić information content (AvgIpc) is 2.96. The van der Waals surface area contributed by atoms with Gasteiger partial charge >= 0.3 is 0 Å². The molecule has 0 aromatic carbocycles. The number of pyridine rings is 1. The third kappa shape index (κ3) is 3.74. The Hall–Kier alpha value is -1.14. The second-order valence-electron chi connectivity index (χ2n) is 4.89. The summed E-state index contributed by atoms with van der Waals surface area (Å²) < 4.78 is 5.42. The van der Waals surface area contributed by atoms with Gasteiger partial charge in [0.2, 0.25) is 0 Å². The lowest BCUT2D eigenvalue weighted by molar-refractivity contribution is 0.153. The second-order valence-corrected chi connectivity index (χ2v) is 5.89. The zero-order valence-corrected chi connectivity index (χ0v) is 13.6. The van der Waals surface area contributed by atoms with Gasteiger partial charge in [-0.15, -0.1) is 23.7 Å². The third-order valence-corrected chi connectivity index (χ3v) is 4.58. The molecule has 0 saturated carbocycles. The molecule has 21 heavy (non-hydrogen) atoms. The predicted molar refractivity (Wildman–Crippen MR) is 88.4 cm³/mol. The van der Waals surface area contributed by atoms with Crippen LogP contribution in [0.3, 0.4) is 0 Å². The van der Waals surface area contributed by atoms with Crippen LogP contribution in [0.25, 0.3) is 0 Å². The number of ether oxygens (including phenoxy) is 1. The van der Waals surface area contributed by atoms with E-state index in [1.54, 1.807) is 18.4 Å². The number of halogens is 1. The minimum atomic E-state index is 0. The van der Waals surface area contributed by atoms with E-state index in [9.17, 15) is 0 Å². The van der Waals surface area contributed by atoms with Gasteiger partial charge in [-0.1, -0.05) is 6.07 Å². The highest BCUT2D eigenvalue weighted by atomic mass is 35.5. The largest absolute Gasteiger partial charge is 0.496 e. The summed E-state index contributed by atoms with van der Waals surface area (Å²) in [4.78, 5) is 8.05. The Balaban J connectivity index is 0.00000161. The van der Waals surface area contributed by atoms with Crippen LogP contribution in [0, 0.1) is 0 Å². The fraction of sp³-hybridized carbons (Fsp3) is 0.400. The van der Waals surface area contributed by atoms with Crippen LogP contribution in [0.4, 0.5) is 0 Å². The molecule has 1 N–H and O–H groups in total. The summed E-state index contributed by atoms with van der Waals surface area (Å²) in [6.45, 7) is 3.98. The Kier molecular flexibility index (Phi) is 5.99. The SMILES string of the molecule is COc1ccsc1CN1CCNCC1c1cccnc1.Cl. The maximum absolute atomic E-state index is 5.42. The molecule has 0 spiro atoms. The Bertz CT molecular complexity index is 549. The lowest BCUT2D eigenvalue weighted by Gasteiger charge is -2.36. The topological polar surface area (TPSA) is 37.4 Å². The predicted octanol–water partition coefficient (Wildman–Crippen LogP) is 2.72. The van der Waals surface area contributed by atoms with Crippen LogP contribution < -0.4 is 10.1 Å². The highest BCUT2D eigenvalue weighted by Crippen LogP contribution is 2.30. The molecule has 0 amide bonds. The van der Waals surface area contributed by atoms with Crippen LogP contribution in [0.2, 0.25) is 0 Å². The maximum atomic E-state index is 5.42. The highest BCUT2D eigenvalue weighted by Gasteiger charge is 2.25. The maximum Gasteiger partial charge on any atom is 0.134 e. The first kappa shape index (κ1) is 16.2. The fourth-order valence-electron chi connectivity index (χ4n) is 2.65. The van der Waals surface area contributed by atoms with Crippen molar-refractivity contribution in [1.29, 1.82) is 0 Å². The number of aromatic nitrogens is 1. The number of hydrogen-bond acceptors (Lipinski definition) is 5. The van der Waals surface area contributed by atoms with Gasteiger partial charge in [0, 0.05) is 44.6 Å². The molecular weight excluding hydrogens is 306 g/mol. The van der Waals surface area contributed by atoms with Gasteiger partial charge in [0.05, 0.1) is 12.0 Å². The van der Waals surface area contributed by atoms with Crippen LogP contribution in [0.15, 0.2) is 36.0 Å². The van der Waals surface area contributed by atoms with Crippen molar-refractivity contribution < 1.29 is 4.74 Å². The summed E-state index contributed by atoms with van der Waals surface area (Å²) in [7, 11) is 1.74. The Morgan fingerprint density at radius 3 is 3.14 bits per heavy atom. The van der Waals surface area contributed by atoms with E-state index in [0.29, 0.717) is 6.04 Å². The standard InChI is InChI=1S/C15H19N3OS.ClH/c1-19-14-4-8-20-15(14)11-18-7-6-17-10-13(18)12-3-2-5-16-9-12;/h2-5,8-9,13,17H,6-7,10-11H2,1H3;1H. The van der Waals surface area contributed by atoms with Gasteiger partial charge < -0.3 is 10.1 Å². The summed E-state index contributed by atoms with van der Waals surface area (Å²) in [6, 6.07) is 6.59. The molecule has 6 heteroatoms. The molecule has 3 heterocycles. The number of piperazine rings is 1. The van der Waals surface area contributed by atoms with Crippen molar-refractivity contribution in [3.8, 4) is 5.75 Å². The summed E-state index contributed by atoms with van der Waals surface area (Å²) >= 11 is 1.76. The Morgan fingerprint density at radius 2 is 2.38 bits per heavy atom. The van der Waals surface area contributed by atoms with E-state index < -0.39 is 0 Å². The summed E-state index contributed by atoms with van der Waals surface area (Å²) in [5.41, 5.74) is 1.27.